The molecule has 0 aromatic heterocycles. The van der Waals surface area contributed by atoms with Gasteiger partial charge in [0, 0.05) is 12.3 Å². The molecule has 0 spiro atoms. The molecule has 0 radical (unpaired) electrons. The first-order chi connectivity index (χ1) is 9.43. The Morgan fingerprint density at radius 2 is 2.10 bits per heavy atom. The third-order valence-electron chi connectivity index (χ3n) is 4.39. The van der Waals surface area contributed by atoms with Gasteiger partial charge in [0.15, 0.2) is 0 Å². The number of esters is 1. The van der Waals surface area contributed by atoms with Crippen LogP contribution in [-0.4, -0.2) is 46.2 Å². The zero-order chi connectivity index (χ0) is 14.9. The number of carbonyl (C=O) groups is 1. The summed E-state index contributed by atoms with van der Waals surface area (Å²) in [5, 5.41) is 29.4. The molecule has 3 N–H and O–H groups in total. The minimum atomic E-state index is -0.958. The number of carbonyl (C=O) groups excluding carboxylic acids is 1. The van der Waals surface area contributed by atoms with Gasteiger partial charge in [-0.25, -0.2) is 0 Å². The smallest absolute Gasteiger partial charge is 0.309 e. The Morgan fingerprint density at radius 3 is 2.75 bits per heavy atom. The van der Waals surface area contributed by atoms with Crippen molar-refractivity contribution in [1.29, 1.82) is 0 Å². The summed E-state index contributed by atoms with van der Waals surface area (Å²) in [4.78, 5) is 11.7. The first-order valence-electron chi connectivity index (χ1n) is 6.99. The van der Waals surface area contributed by atoms with Crippen molar-refractivity contribution < 1.29 is 24.9 Å². The number of fused-ring (bicyclic) bond motifs is 1. The van der Waals surface area contributed by atoms with E-state index in [4.69, 9.17) is 4.74 Å². The van der Waals surface area contributed by atoms with Gasteiger partial charge in [0.2, 0.25) is 0 Å². The molecule has 5 nitrogen and oxygen atoms in total. The maximum Gasteiger partial charge on any atom is 0.309 e. The predicted molar refractivity (Wildman–Crippen MR) is 72.7 cm³/mol. The molecule has 0 aromatic rings. The standard InChI is InChI=1S/C15H22O5/c1-8-3-4-11-9(2)15(19)20-14(11)5-10(7-16)13(18)6-12(8)17/h5,9,11-14,16-18H,1,3-4,6-7H2,2H3/b10-5-/t9-,11+,12-,13+,14+/m1/s1. The summed E-state index contributed by atoms with van der Waals surface area (Å²) in [6.45, 7) is 5.34. The molecule has 5 heteroatoms. The third-order valence-corrected chi connectivity index (χ3v) is 4.39. The van der Waals surface area contributed by atoms with Gasteiger partial charge in [0.1, 0.15) is 6.10 Å². The highest BCUT2D eigenvalue weighted by Gasteiger charge is 2.41. The van der Waals surface area contributed by atoms with Crippen LogP contribution in [0.2, 0.25) is 0 Å². The van der Waals surface area contributed by atoms with Crippen LogP contribution in [0, 0.1) is 11.8 Å². The van der Waals surface area contributed by atoms with Crippen molar-refractivity contribution in [3.8, 4) is 0 Å². The zero-order valence-corrected chi connectivity index (χ0v) is 11.7. The SMILES string of the molecule is C=C1CC[C@@H]2[C@H](/C=C(/CO)[C@@H](O)C[C@H]1O)OC(=O)[C@@H]2C. The Hall–Kier alpha value is -1.17. The van der Waals surface area contributed by atoms with E-state index in [9.17, 15) is 20.1 Å². The molecule has 0 bridgehead atoms. The fourth-order valence-corrected chi connectivity index (χ4v) is 2.89. The maximum absolute atomic E-state index is 11.7. The van der Waals surface area contributed by atoms with Crippen molar-refractivity contribution in [1.82, 2.24) is 0 Å². The molecule has 1 saturated heterocycles. The summed E-state index contributed by atoms with van der Waals surface area (Å²) in [5.74, 6) is -0.496. The lowest BCUT2D eigenvalue weighted by Crippen LogP contribution is -2.27. The Bertz CT molecular complexity index is 428. The predicted octanol–water partition coefficient (Wildman–Crippen LogP) is 0.545. The van der Waals surface area contributed by atoms with Gasteiger partial charge < -0.3 is 20.1 Å². The second kappa shape index (κ2) is 6.08. The quantitative estimate of drug-likeness (QED) is 0.483. The molecule has 2 aliphatic rings. The number of hydrogen-bond donors (Lipinski definition) is 3. The highest BCUT2D eigenvalue weighted by atomic mass is 16.6. The van der Waals surface area contributed by atoms with Gasteiger partial charge in [-0.2, -0.15) is 0 Å². The average Bonchev–Trinajstić information content (AvgIpc) is 2.67. The van der Waals surface area contributed by atoms with Crippen LogP contribution in [-0.2, 0) is 9.53 Å². The van der Waals surface area contributed by atoms with Crippen molar-refractivity contribution in [3.05, 3.63) is 23.8 Å². The number of aliphatic hydroxyl groups excluding tert-OH is 3. The van der Waals surface area contributed by atoms with E-state index in [0.29, 0.717) is 24.0 Å². The van der Waals surface area contributed by atoms with Gasteiger partial charge in [-0.1, -0.05) is 13.5 Å². The topological polar surface area (TPSA) is 87.0 Å². The van der Waals surface area contributed by atoms with Crippen LogP contribution in [0.5, 0.6) is 0 Å². The zero-order valence-electron chi connectivity index (χ0n) is 11.7. The molecule has 1 aliphatic carbocycles. The van der Waals surface area contributed by atoms with Crippen molar-refractivity contribution in [2.45, 2.75) is 44.5 Å². The van der Waals surface area contributed by atoms with Crippen LogP contribution in [0.25, 0.3) is 0 Å². The van der Waals surface area contributed by atoms with Gasteiger partial charge in [-0.3, -0.25) is 4.79 Å². The van der Waals surface area contributed by atoms with Gasteiger partial charge >= 0.3 is 5.97 Å². The van der Waals surface area contributed by atoms with E-state index in [0.717, 1.165) is 0 Å². The Morgan fingerprint density at radius 1 is 1.40 bits per heavy atom. The number of aliphatic hydroxyl groups is 3. The number of ether oxygens (including phenoxy) is 1. The molecule has 20 heavy (non-hydrogen) atoms. The summed E-state index contributed by atoms with van der Waals surface area (Å²) >= 11 is 0. The monoisotopic (exact) mass is 282 g/mol. The van der Waals surface area contributed by atoms with E-state index in [1.54, 1.807) is 6.08 Å². The Balaban J connectivity index is 2.31. The van der Waals surface area contributed by atoms with E-state index in [-0.39, 0.29) is 30.8 Å². The minimum absolute atomic E-state index is 0.0155. The summed E-state index contributed by atoms with van der Waals surface area (Å²) in [5.41, 5.74) is 1.03. The summed E-state index contributed by atoms with van der Waals surface area (Å²) in [6, 6.07) is 0. The highest BCUT2D eigenvalue weighted by molar-refractivity contribution is 5.75. The van der Waals surface area contributed by atoms with Crippen molar-refractivity contribution in [2.24, 2.45) is 11.8 Å². The Kier molecular flexibility index (Phi) is 4.62. The minimum Gasteiger partial charge on any atom is -0.458 e. The van der Waals surface area contributed by atoms with Crippen molar-refractivity contribution >= 4 is 5.97 Å². The molecule has 0 amide bonds. The first kappa shape index (κ1) is 15.2. The molecule has 1 heterocycles. The second-order valence-corrected chi connectivity index (χ2v) is 5.72. The van der Waals surface area contributed by atoms with E-state index in [1.807, 2.05) is 6.92 Å². The molecular formula is C15H22O5. The van der Waals surface area contributed by atoms with E-state index in [2.05, 4.69) is 6.58 Å². The summed E-state index contributed by atoms with van der Waals surface area (Å²) in [7, 11) is 0. The summed E-state index contributed by atoms with van der Waals surface area (Å²) < 4.78 is 5.32. The Labute approximate surface area is 118 Å². The van der Waals surface area contributed by atoms with Crippen LogP contribution < -0.4 is 0 Å². The third kappa shape index (κ3) is 2.95. The van der Waals surface area contributed by atoms with Gasteiger partial charge in [0.05, 0.1) is 24.7 Å². The van der Waals surface area contributed by atoms with Gasteiger partial charge in [-0.05, 0) is 30.1 Å². The van der Waals surface area contributed by atoms with Gasteiger partial charge in [0.25, 0.3) is 0 Å². The molecular weight excluding hydrogens is 260 g/mol. The fourth-order valence-electron chi connectivity index (χ4n) is 2.89. The molecule has 2 rings (SSSR count). The van der Waals surface area contributed by atoms with Crippen molar-refractivity contribution in [2.75, 3.05) is 6.61 Å². The van der Waals surface area contributed by atoms with Crippen LogP contribution in [0.3, 0.4) is 0 Å². The van der Waals surface area contributed by atoms with Gasteiger partial charge in [-0.15, -0.1) is 0 Å². The largest absolute Gasteiger partial charge is 0.458 e. The average molecular weight is 282 g/mol. The molecule has 1 fully saturated rings. The van der Waals surface area contributed by atoms with Crippen LogP contribution in [0.15, 0.2) is 23.8 Å². The number of rotatable bonds is 1. The normalized spacial score (nSPS) is 41.6. The number of hydrogen-bond acceptors (Lipinski definition) is 5. The van der Waals surface area contributed by atoms with Crippen LogP contribution >= 0.6 is 0 Å². The van der Waals surface area contributed by atoms with Crippen LogP contribution in [0.4, 0.5) is 0 Å². The fraction of sp³-hybridized carbons (Fsp3) is 0.667. The van der Waals surface area contributed by atoms with Crippen molar-refractivity contribution in [3.63, 3.8) is 0 Å². The van der Waals surface area contributed by atoms with E-state index in [1.165, 1.54) is 0 Å². The molecule has 0 aromatic carbocycles. The van der Waals surface area contributed by atoms with E-state index >= 15 is 0 Å². The molecule has 1 aliphatic heterocycles. The van der Waals surface area contributed by atoms with Crippen LogP contribution in [0.1, 0.15) is 26.2 Å². The van der Waals surface area contributed by atoms with E-state index < -0.39 is 18.3 Å². The lowest BCUT2D eigenvalue weighted by Gasteiger charge is -2.25. The second-order valence-electron chi connectivity index (χ2n) is 5.72. The first-order valence-corrected chi connectivity index (χ1v) is 6.99. The highest BCUT2D eigenvalue weighted by Crippen LogP contribution is 2.35. The lowest BCUT2D eigenvalue weighted by atomic mass is 9.83. The molecule has 0 saturated carbocycles. The maximum atomic E-state index is 11.7. The lowest BCUT2D eigenvalue weighted by molar-refractivity contribution is -0.142. The molecule has 112 valence electrons. The molecule has 5 atom stereocenters. The summed E-state index contributed by atoms with van der Waals surface area (Å²) in [6.07, 6.45) is 0.850. The molecule has 0 unspecified atom stereocenters.